The zero-order valence-electron chi connectivity index (χ0n) is 12.4. The Kier molecular flexibility index (Phi) is 4.23. The molecule has 24 heavy (non-hydrogen) atoms. The number of benzene rings is 2. The van der Waals surface area contributed by atoms with Crippen LogP contribution in [-0.4, -0.2) is 20.4 Å². The summed E-state index contributed by atoms with van der Waals surface area (Å²) in [6.45, 7) is 0. The van der Waals surface area contributed by atoms with Crippen LogP contribution in [0.4, 0.5) is 14.5 Å². The highest BCUT2D eigenvalue weighted by atomic mass is 32.2. The van der Waals surface area contributed by atoms with E-state index in [2.05, 4.69) is 10.0 Å². The van der Waals surface area contributed by atoms with Crippen LogP contribution in [-0.2, 0) is 10.0 Å². The van der Waals surface area contributed by atoms with Crippen LogP contribution in [0.2, 0.25) is 0 Å². The van der Waals surface area contributed by atoms with E-state index in [1.165, 1.54) is 12.1 Å². The Morgan fingerprint density at radius 2 is 1.79 bits per heavy atom. The van der Waals surface area contributed by atoms with E-state index in [1.54, 1.807) is 12.1 Å². The van der Waals surface area contributed by atoms with E-state index in [0.29, 0.717) is 6.07 Å². The minimum Gasteiger partial charge on any atom is -0.349 e. The molecule has 1 aliphatic rings. The van der Waals surface area contributed by atoms with Crippen LogP contribution in [0.3, 0.4) is 0 Å². The van der Waals surface area contributed by atoms with Gasteiger partial charge in [0.2, 0.25) is 0 Å². The molecule has 0 aromatic heterocycles. The molecule has 0 spiro atoms. The number of halogens is 2. The summed E-state index contributed by atoms with van der Waals surface area (Å²) in [6.07, 6.45) is 1.78. The Bertz CT molecular complexity index is 896. The average Bonchev–Trinajstić information content (AvgIpc) is 3.30. The van der Waals surface area contributed by atoms with E-state index in [-0.39, 0.29) is 17.3 Å². The number of amides is 1. The predicted molar refractivity (Wildman–Crippen MR) is 84.1 cm³/mol. The molecule has 1 fully saturated rings. The van der Waals surface area contributed by atoms with Crippen molar-refractivity contribution in [2.24, 2.45) is 0 Å². The quantitative estimate of drug-likeness (QED) is 0.869. The molecule has 1 aliphatic carbocycles. The fourth-order valence-electron chi connectivity index (χ4n) is 2.15. The molecule has 3 rings (SSSR count). The second-order valence-electron chi connectivity index (χ2n) is 5.47. The molecule has 0 unspecified atom stereocenters. The molecule has 0 aliphatic heterocycles. The van der Waals surface area contributed by atoms with Crippen molar-refractivity contribution in [3.63, 3.8) is 0 Å². The molecule has 2 N–H and O–H groups in total. The Labute approximate surface area is 137 Å². The van der Waals surface area contributed by atoms with Gasteiger partial charge < -0.3 is 5.32 Å². The van der Waals surface area contributed by atoms with Crippen molar-refractivity contribution in [3.8, 4) is 0 Å². The number of hydrogen-bond acceptors (Lipinski definition) is 3. The lowest BCUT2D eigenvalue weighted by atomic mass is 10.1. The SMILES string of the molecule is O=C(NC1CC1)c1ccccc1NS(=O)(=O)c1ccc(F)cc1F. The van der Waals surface area contributed by atoms with Crippen molar-refractivity contribution in [2.45, 2.75) is 23.8 Å². The second-order valence-corrected chi connectivity index (χ2v) is 7.12. The van der Waals surface area contributed by atoms with Crippen molar-refractivity contribution in [1.29, 1.82) is 0 Å². The summed E-state index contributed by atoms with van der Waals surface area (Å²) in [5.74, 6) is -2.49. The lowest BCUT2D eigenvalue weighted by Crippen LogP contribution is -2.27. The van der Waals surface area contributed by atoms with Crippen molar-refractivity contribution in [2.75, 3.05) is 4.72 Å². The van der Waals surface area contributed by atoms with Crippen molar-refractivity contribution in [3.05, 3.63) is 59.7 Å². The van der Waals surface area contributed by atoms with Crippen molar-refractivity contribution < 1.29 is 22.0 Å². The van der Waals surface area contributed by atoms with Gasteiger partial charge in [-0.1, -0.05) is 12.1 Å². The van der Waals surface area contributed by atoms with Crippen molar-refractivity contribution in [1.82, 2.24) is 5.32 Å². The maximum Gasteiger partial charge on any atom is 0.264 e. The number of para-hydroxylation sites is 1. The van der Waals surface area contributed by atoms with Crippen LogP contribution in [0.25, 0.3) is 0 Å². The topological polar surface area (TPSA) is 75.3 Å². The van der Waals surface area contributed by atoms with Crippen LogP contribution in [0.15, 0.2) is 47.4 Å². The molecule has 0 bridgehead atoms. The van der Waals surface area contributed by atoms with Gasteiger partial charge in [-0.15, -0.1) is 0 Å². The lowest BCUT2D eigenvalue weighted by molar-refractivity contribution is 0.0952. The third kappa shape index (κ3) is 3.53. The Morgan fingerprint density at radius 1 is 1.08 bits per heavy atom. The first-order valence-electron chi connectivity index (χ1n) is 7.24. The number of sulfonamides is 1. The summed E-state index contributed by atoms with van der Waals surface area (Å²) in [7, 11) is -4.30. The third-order valence-electron chi connectivity index (χ3n) is 3.51. The highest BCUT2D eigenvalue weighted by Gasteiger charge is 2.26. The molecule has 1 saturated carbocycles. The monoisotopic (exact) mass is 352 g/mol. The van der Waals surface area contributed by atoms with Gasteiger partial charge in [-0.3, -0.25) is 9.52 Å². The minimum atomic E-state index is -4.30. The molecule has 126 valence electrons. The number of anilines is 1. The molecule has 0 radical (unpaired) electrons. The predicted octanol–water partition coefficient (Wildman–Crippen LogP) is 2.66. The summed E-state index contributed by atoms with van der Waals surface area (Å²) >= 11 is 0. The van der Waals surface area contributed by atoms with Crippen LogP contribution in [0.5, 0.6) is 0 Å². The molecule has 5 nitrogen and oxygen atoms in total. The molecule has 2 aromatic carbocycles. The first kappa shape index (κ1) is 16.4. The van der Waals surface area contributed by atoms with Crippen LogP contribution in [0, 0.1) is 11.6 Å². The fourth-order valence-corrected chi connectivity index (χ4v) is 3.29. The van der Waals surface area contributed by atoms with E-state index < -0.39 is 32.5 Å². The van der Waals surface area contributed by atoms with Gasteiger partial charge in [0.25, 0.3) is 15.9 Å². The van der Waals surface area contributed by atoms with Gasteiger partial charge in [0.15, 0.2) is 0 Å². The van der Waals surface area contributed by atoms with Gasteiger partial charge >= 0.3 is 0 Å². The molecule has 0 heterocycles. The second kappa shape index (κ2) is 6.20. The normalized spacial score (nSPS) is 14.2. The van der Waals surface area contributed by atoms with Gasteiger partial charge in [-0.2, -0.15) is 0 Å². The van der Waals surface area contributed by atoms with E-state index in [0.717, 1.165) is 25.0 Å². The van der Waals surface area contributed by atoms with Gasteiger partial charge in [-0.25, -0.2) is 17.2 Å². The van der Waals surface area contributed by atoms with Gasteiger partial charge in [-0.05, 0) is 37.1 Å². The lowest BCUT2D eigenvalue weighted by Gasteiger charge is -2.13. The zero-order chi connectivity index (χ0) is 17.3. The fraction of sp³-hybridized carbons (Fsp3) is 0.188. The van der Waals surface area contributed by atoms with Gasteiger partial charge in [0, 0.05) is 12.1 Å². The van der Waals surface area contributed by atoms with Gasteiger partial charge in [0.1, 0.15) is 16.5 Å². The van der Waals surface area contributed by atoms with E-state index in [1.807, 2.05) is 0 Å². The van der Waals surface area contributed by atoms with E-state index in [4.69, 9.17) is 0 Å². The smallest absolute Gasteiger partial charge is 0.264 e. The van der Waals surface area contributed by atoms with Crippen LogP contribution in [0.1, 0.15) is 23.2 Å². The minimum absolute atomic E-state index is 0.0272. The maximum absolute atomic E-state index is 13.7. The molecular formula is C16H14F2N2O3S. The summed E-state index contributed by atoms with van der Waals surface area (Å²) in [6, 6.07) is 8.29. The molecule has 2 aromatic rings. The van der Waals surface area contributed by atoms with E-state index >= 15 is 0 Å². The van der Waals surface area contributed by atoms with Crippen LogP contribution < -0.4 is 10.0 Å². The first-order valence-corrected chi connectivity index (χ1v) is 8.73. The Hall–Kier alpha value is -2.48. The highest BCUT2D eigenvalue weighted by Crippen LogP contribution is 2.24. The standard InChI is InChI=1S/C16H14F2N2O3S/c17-10-5-8-15(13(18)9-10)24(22,23)20-14-4-2-1-3-12(14)16(21)19-11-6-7-11/h1-5,8-9,11,20H,6-7H2,(H,19,21). The molecule has 1 amide bonds. The highest BCUT2D eigenvalue weighted by molar-refractivity contribution is 7.92. The number of hydrogen-bond donors (Lipinski definition) is 2. The third-order valence-corrected chi connectivity index (χ3v) is 4.91. The Morgan fingerprint density at radius 3 is 2.46 bits per heavy atom. The maximum atomic E-state index is 13.7. The number of carbonyl (C=O) groups is 1. The van der Waals surface area contributed by atoms with Crippen molar-refractivity contribution >= 4 is 21.6 Å². The Balaban J connectivity index is 1.91. The van der Waals surface area contributed by atoms with E-state index in [9.17, 15) is 22.0 Å². The summed E-state index contributed by atoms with van der Waals surface area (Å²) in [5, 5.41) is 2.76. The largest absolute Gasteiger partial charge is 0.349 e. The first-order chi connectivity index (χ1) is 11.4. The molecule has 0 atom stereocenters. The average molecular weight is 352 g/mol. The number of nitrogens with one attached hydrogen (secondary N) is 2. The number of rotatable bonds is 5. The molecular weight excluding hydrogens is 338 g/mol. The summed E-state index contributed by atoms with van der Waals surface area (Å²) < 4.78 is 53.6. The molecule has 0 saturated heterocycles. The van der Waals surface area contributed by atoms with Gasteiger partial charge in [0.05, 0.1) is 11.3 Å². The summed E-state index contributed by atoms with van der Waals surface area (Å²) in [4.78, 5) is 11.5. The number of carbonyl (C=O) groups excluding carboxylic acids is 1. The molecule has 8 heteroatoms. The summed E-state index contributed by atoms with van der Waals surface area (Å²) in [5.41, 5.74) is 0.162. The van der Waals surface area contributed by atoms with Crippen LogP contribution >= 0.6 is 0 Å². The zero-order valence-corrected chi connectivity index (χ0v) is 13.2.